The van der Waals surface area contributed by atoms with Crippen LogP contribution in [-0.4, -0.2) is 43.9 Å². The third kappa shape index (κ3) is 2.91. The van der Waals surface area contributed by atoms with Crippen LogP contribution in [0.3, 0.4) is 0 Å². The van der Waals surface area contributed by atoms with Crippen LogP contribution >= 0.6 is 0 Å². The highest BCUT2D eigenvalue weighted by molar-refractivity contribution is 5.83. The molecule has 0 atom stereocenters. The van der Waals surface area contributed by atoms with Gasteiger partial charge < -0.3 is 10.5 Å². The molecule has 106 valence electrons. The molecule has 0 fully saturated rings. The predicted octanol–water partition coefficient (Wildman–Crippen LogP) is -0.116. The van der Waals surface area contributed by atoms with Gasteiger partial charge in [-0.05, 0) is 6.92 Å². The smallest absolute Gasteiger partial charge is 0.412 e. The quantitative estimate of drug-likeness (QED) is 0.801. The van der Waals surface area contributed by atoms with Crippen LogP contribution in [0.5, 0.6) is 0 Å². The number of anilines is 2. The number of nitrogen functional groups attached to an aromatic ring is 1. The summed E-state index contributed by atoms with van der Waals surface area (Å²) in [5.74, 6) is -0.175. The maximum absolute atomic E-state index is 11.9. The number of carbonyl (C=O) groups is 2. The van der Waals surface area contributed by atoms with E-state index in [1.54, 1.807) is 6.92 Å². The zero-order valence-electron chi connectivity index (χ0n) is 10.9. The van der Waals surface area contributed by atoms with Crippen LogP contribution < -0.4 is 11.1 Å². The lowest BCUT2D eigenvalue weighted by molar-refractivity contribution is 0.0864. The Kier molecular flexibility index (Phi) is 3.64. The number of nitrogens with one attached hydrogen (secondary N) is 1. The Bertz CT molecular complexity index is 626. The van der Waals surface area contributed by atoms with Gasteiger partial charge in [0.15, 0.2) is 5.82 Å². The van der Waals surface area contributed by atoms with Crippen LogP contribution in [0.25, 0.3) is 0 Å². The highest BCUT2D eigenvalue weighted by atomic mass is 16.5. The second kappa shape index (κ2) is 5.38. The van der Waals surface area contributed by atoms with Crippen molar-refractivity contribution in [1.29, 1.82) is 0 Å². The molecule has 0 aromatic carbocycles. The zero-order valence-corrected chi connectivity index (χ0v) is 10.9. The van der Waals surface area contributed by atoms with E-state index in [0.29, 0.717) is 11.4 Å². The maximum Gasteiger partial charge on any atom is 0.412 e. The largest absolute Gasteiger partial charge is 0.453 e. The summed E-state index contributed by atoms with van der Waals surface area (Å²) in [6.07, 6.45) is 2.06. The van der Waals surface area contributed by atoms with Crippen LogP contribution in [0, 0.1) is 6.92 Å². The van der Waals surface area contributed by atoms with Crippen molar-refractivity contribution in [3.05, 3.63) is 18.1 Å². The number of nitrogens with two attached hydrogens (primary N) is 1. The van der Waals surface area contributed by atoms with Gasteiger partial charge in [0.05, 0.1) is 30.9 Å². The van der Waals surface area contributed by atoms with Crippen LogP contribution in [0.1, 0.15) is 10.5 Å². The molecule has 0 aliphatic carbocycles. The summed E-state index contributed by atoms with van der Waals surface area (Å²) in [5, 5.41) is 14.0. The molecule has 0 radical (unpaired) electrons. The van der Waals surface area contributed by atoms with E-state index in [9.17, 15) is 9.59 Å². The number of rotatable bonds is 3. The second-order valence-electron chi connectivity index (χ2n) is 3.88. The fraction of sp³-hybridized carbons (Fsp3) is 0.300. The van der Waals surface area contributed by atoms with Gasteiger partial charge in [-0.25, -0.2) is 9.48 Å². The monoisotopic (exact) mass is 279 g/mol. The molecule has 0 saturated carbocycles. The number of ether oxygens (including phenoxy) is 1. The number of hydrogen-bond acceptors (Lipinski definition) is 7. The molecule has 0 bridgehead atoms. The predicted molar refractivity (Wildman–Crippen MR) is 68.1 cm³/mol. The van der Waals surface area contributed by atoms with E-state index in [1.165, 1.54) is 19.5 Å². The van der Waals surface area contributed by atoms with Gasteiger partial charge in [-0.1, -0.05) is 0 Å². The molecule has 0 aliphatic heterocycles. The van der Waals surface area contributed by atoms with Gasteiger partial charge in [0.2, 0.25) is 0 Å². The average Bonchev–Trinajstić information content (AvgIpc) is 2.97. The molecule has 0 saturated heterocycles. The van der Waals surface area contributed by atoms with Crippen molar-refractivity contribution in [2.24, 2.45) is 0 Å². The van der Waals surface area contributed by atoms with Gasteiger partial charge >= 0.3 is 6.09 Å². The van der Waals surface area contributed by atoms with E-state index in [1.807, 2.05) is 0 Å². The molecule has 0 unspecified atom stereocenters. The Morgan fingerprint density at radius 2 is 2.20 bits per heavy atom. The molecule has 0 aliphatic rings. The number of amides is 1. The topological polar surface area (TPSA) is 130 Å². The molecule has 2 aromatic rings. The summed E-state index contributed by atoms with van der Waals surface area (Å²) < 4.78 is 5.53. The summed E-state index contributed by atoms with van der Waals surface area (Å²) in [5.41, 5.74) is 6.61. The molecule has 2 aromatic heterocycles. The molecule has 20 heavy (non-hydrogen) atoms. The normalized spacial score (nSPS) is 10.3. The summed E-state index contributed by atoms with van der Waals surface area (Å²) in [7, 11) is 1.23. The second-order valence-corrected chi connectivity index (χ2v) is 3.88. The first-order valence-corrected chi connectivity index (χ1v) is 5.59. The Morgan fingerprint density at radius 3 is 2.80 bits per heavy atom. The van der Waals surface area contributed by atoms with Gasteiger partial charge in [-0.3, -0.25) is 10.1 Å². The fourth-order valence-electron chi connectivity index (χ4n) is 1.38. The summed E-state index contributed by atoms with van der Waals surface area (Å²) in [4.78, 5) is 24.0. The molecule has 10 nitrogen and oxygen atoms in total. The van der Waals surface area contributed by atoms with E-state index in [2.05, 4.69) is 25.3 Å². The number of aromatic nitrogens is 5. The van der Waals surface area contributed by atoms with E-state index >= 15 is 0 Å². The molecule has 0 spiro atoms. The third-order valence-corrected chi connectivity index (χ3v) is 2.42. The fourth-order valence-corrected chi connectivity index (χ4v) is 1.38. The molecule has 2 rings (SSSR count). The minimum atomic E-state index is -0.668. The van der Waals surface area contributed by atoms with E-state index in [-0.39, 0.29) is 18.3 Å². The molecular formula is C10H13N7O3. The minimum Gasteiger partial charge on any atom is -0.453 e. The lowest BCUT2D eigenvalue weighted by atomic mass is 10.4. The van der Waals surface area contributed by atoms with Gasteiger partial charge in [-0.15, -0.1) is 5.10 Å². The van der Waals surface area contributed by atoms with Crippen LogP contribution in [-0.2, 0) is 11.3 Å². The number of carbonyl (C=O) groups excluding carboxylic acids is 2. The lowest BCUT2D eigenvalue weighted by Gasteiger charge is -2.00. The average molecular weight is 279 g/mol. The first kappa shape index (κ1) is 13.5. The number of aryl methyl sites for hydroxylation is 1. The van der Waals surface area contributed by atoms with Crippen molar-refractivity contribution in [3.8, 4) is 0 Å². The van der Waals surface area contributed by atoms with Crippen molar-refractivity contribution >= 4 is 23.5 Å². The van der Waals surface area contributed by atoms with Crippen molar-refractivity contribution in [2.45, 2.75) is 13.5 Å². The lowest BCUT2D eigenvalue weighted by Crippen LogP contribution is -2.20. The standard InChI is InChI=1S/C10H13N7O3/c1-6-7(11)4-16(14-6)9(18)5-17-12-3-8(15-17)13-10(19)20-2/h3-4H,5,11H2,1-2H3,(H,13,15,19). The number of nitrogens with zero attached hydrogens (tertiary/aromatic N) is 5. The molecule has 2 heterocycles. The molecule has 3 N–H and O–H groups in total. The van der Waals surface area contributed by atoms with Crippen molar-refractivity contribution in [1.82, 2.24) is 24.8 Å². The number of hydrogen-bond donors (Lipinski definition) is 2. The van der Waals surface area contributed by atoms with Crippen molar-refractivity contribution in [3.63, 3.8) is 0 Å². The van der Waals surface area contributed by atoms with Crippen LogP contribution in [0.4, 0.5) is 16.3 Å². The van der Waals surface area contributed by atoms with Gasteiger partial charge in [0, 0.05) is 0 Å². The van der Waals surface area contributed by atoms with Gasteiger partial charge in [-0.2, -0.15) is 15.0 Å². The summed E-state index contributed by atoms with van der Waals surface area (Å²) in [6.45, 7) is 1.56. The minimum absolute atomic E-state index is 0.136. The Labute approximate surface area is 113 Å². The third-order valence-electron chi connectivity index (χ3n) is 2.42. The van der Waals surface area contributed by atoms with Crippen molar-refractivity contribution in [2.75, 3.05) is 18.2 Å². The molecule has 1 amide bonds. The zero-order chi connectivity index (χ0) is 14.7. The SMILES string of the molecule is COC(=O)Nc1cnn(CC(=O)n2cc(N)c(C)n2)n1. The molecule has 10 heteroatoms. The van der Waals surface area contributed by atoms with Crippen molar-refractivity contribution < 1.29 is 14.3 Å². The van der Waals surface area contributed by atoms with Gasteiger partial charge in [0.1, 0.15) is 6.54 Å². The highest BCUT2D eigenvalue weighted by Crippen LogP contribution is 2.07. The van der Waals surface area contributed by atoms with Crippen LogP contribution in [0.15, 0.2) is 12.4 Å². The summed E-state index contributed by atoms with van der Waals surface area (Å²) in [6, 6.07) is 0. The van der Waals surface area contributed by atoms with Crippen LogP contribution in [0.2, 0.25) is 0 Å². The Morgan fingerprint density at radius 1 is 1.45 bits per heavy atom. The summed E-state index contributed by atoms with van der Waals surface area (Å²) >= 11 is 0. The van der Waals surface area contributed by atoms with E-state index in [0.717, 1.165) is 9.48 Å². The Hall–Kier alpha value is -2.91. The highest BCUT2D eigenvalue weighted by Gasteiger charge is 2.12. The van der Waals surface area contributed by atoms with E-state index in [4.69, 9.17) is 5.73 Å². The number of methoxy groups -OCH3 is 1. The maximum atomic E-state index is 11.9. The Balaban J connectivity index is 2.03. The van der Waals surface area contributed by atoms with E-state index < -0.39 is 6.09 Å². The first-order chi connectivity index (χ1) is 9.49. The van der Waals surface area contributed by atoms with Gasteiger partial charge in [0.25, 0.3) is 5.91 Å². The molecular weight excluding hydrogens is 266 g/mol. The first-order valence-electron chi connectivity index (χ1n) is 5.59.